The van der Waals surface area contributed by atoms with Crippen LogP contribution < -0.4 is 0 Å². The molecule has 0 atom stereocenters. The van der Waals surface area contributed by atoms with Crippen LogP contribution in [-0.2, 0) is 14.6 Å². The highest BCUT2D eigenvalue weighted by Gasteiger charge is 2.31. The zero-order valence-electron chi connectivity index (χ0n) is 11.4. The Balaban J connectivity index is 3.52. The van der Waals surface area contributed by atoms with Gasteiger partial charge in [0.2, 0.25) is 0 Å². The third kappa shape index (κ3) is 3.03. The Morgan fingerprint density at radius 3 is 2.06 bits per heavy atom. The monoisotopic (exact) mass is 293 g/mol. The number of hydrogen-bond acceptors (Lipinski definition) is 4. The molecular weight excluding hydrogens is 274 g/mol. The molecule has 0 unspecified atom stereocenters. The van der Waals surface area contributed by atoms with E-state index in [1.807, 2.05) is 34.6 Å². The predicted octanol–water partition coefficient (Wildman–Crippen LogP) is 2.86. The molecule has 1 rings (SSSR count). The molecule has 0 radical (unpaired) electrons. The summed E-state index contributed by atoms with van der Waals surface area (Å²) < 4.78 is 24.7. The van der Waals surface area contributed by atoms with Crippen LogP contribution in [0.1, 0.15) is 59.2 Å². The van der Waals surface area contributed by atoms with E-state index in [1.165, 1.54) is 0 Å². The second-order valence-electron chi connectivity index (χ2n) is 5.30. The standard InChI is InChI=1S/C11H20ClN3O2S/c1-6-8(7-2)9-13-14-10(18(12,16)17)15(9)11(3,4)5/h8H,6-7H2,1-5H3. The van der Waals surface area contributed by atoms with Gasteiger partial charge in [0.25, 0.3) is 14.2 Å². The van der Waals surface area contributed by atoms with Crippen LogP contribution in [0.4, 0.5) is 0 Å². The summed E-state index contributed by atoms with van der Waals surface area (Å²) >= 11 is 0. The zero-order chi connectivity index (χ0) is 14.1. The Morgan fingerprint density at radius 1 is 1.22 bits per heavy atom. The lowest BCUT2D eigenvalue weighted by molar-refractivity contribution is 0.339. The van der Waals surface area contributed by atoms with Crippen LogP contribution in [0.25, 0.3) is 0 Å². The Labute approximate surface area is 113 Å². The lowest BCUT2D eigenvalue weighted by atomic mass is 10.0. The number of halogens is 1. The first-order valence-electron chi connectivity index (χ1n) is 6.03. The zero-order valence-corrected chi connectivity index (χ0v) is 13.0. The topological polar surface area (TPSA) is 64.8 Å². The molecule has 0 saturated heterocycles. The van der Waals surface area contributed by atoms with Crippen molar-refractivity contribution >= 4 is 19.7 Å². The highest BCUT2D eigenvalue weighted by Crippen LogP contribution is 2.30. The Morgan fingerprint density at radius 2 is 1.72 bits per heavy atom. The summed E-state index contributed by atoms with van der Waals surface area (Å²) in [7, 11) is 1.54. The van der Waals surface area contributed by atoms with Crippen molar-refractivity contribution in [2.75, 3.05) is 0 Å². The van der Waals surface area contributed by atoms with Crippen molar-refractivity contribution in [3.63, 3.8) is 0 Å². The lowest BCUT2D eigenvalue weighted by Gasteiger charge is -2.26. The molecular formula is C11H20ClN3O2S. The van der Waals surface area contributed by atoms with Crippen molar-refractivity contribution < 1.29 is 8.42 Å². The molecule has 104 valence electrons. The lowest BCUT2D eigenvalue weighted by Crippen LogP contribution is -2.28. The van der Waals surface area contributed by atoms with Gasteiger partial charge in [0, 0.05) is 22.1 Å². The molecule has 0 N–H and O–H groups in total. The van der Waals surface area contributed by atoms with Crippen molar-refractivity contribution in [1.82, 2.24) is 14.8 Å². The summed E-state index contributed by atoms with van der Waals surface area (Å²) in [6.07, 6.45) is 1.76. The molecule has 0 fully saturated rings. The molecule has 0 aliphatic heterocycles. The summed E-state index contributed by atoms with van der Waals surface area (Å²) in [6.45, 7) is 9.82. The quantitative estimate of drug-likeness (QED) is 0.801. The van der Waals surface area contributed by atoms with E-state index in [2.05, 4.69) is 10.2 Å². The molecule has 1 aromatic heterocycles. The molecule has 7 heteroatoms. The second-order valence-corrected chi connectivity index (χ2v) is 7.76. The van der Waals surface area contributed by atoms with Crippen molar-refractivity contribution in [3.8, 4) is 0 Å². The van der Waals surface area contributed by atoms with Crippen molar-refractivity contribution in [1.29, 1.82) is 0 Å². The summed E-state index contributed by atoms with van der Waals surface area (Å²) in [5.74, 6) is 0.871. The fourth-order valence-electron chi connectivity index (χ4n) is 1.99. The van der Waals surface area contributed by atoms with Gasteiger partial charge in [-0.25, -0.2) is 8.42 Å². The molecule has 0 aromatic carbocycles. The molecule has 18 heavy (non-hydrogen) atoms. The smallest absolute Gasteiger partial charge is 0.295 e. The fourth-order valence-corrected chi connectivity index (χ4v) is 3.01. The first-order valence-corrected chi connectivity index (χ1v) is 8.34. The summed E-state index contributed by atoms with van der Waals surface area (Å²) in [6, 6.07) is 0. The van der Waals surface area contributed by atoms with Gasteiger partial charge in [-0.3, -0.25) is 4.57 Å². The van der Waals surface area contributed by atoms with Gasteiger partial charge in [0.15, 0.2) is 0 Å². The van der Waals surface area contributed by atoms with E-state index >= 15 is 0 Å². The molecule has 0 bridgehead atoms. The molecule has 1 aromatic rings. The van der Waals surface area contributed by atoms with E-state index in [9.17, 15) is 8.42 Å². The van der Waals surface area contributed by atoms with E-state index in [-0.39, 0.29) is 11.1 Å². The molecule has 5 nitrogen and oxygen atoms in total. The largest absolute Gasteiger partial charge is 0.296 e. The van der Waals surface area contributed by atoms with E-state index in [0.717, 1.165) is 12.8 Å². The van der Waals surface area contributed by atoms with Gasteiger partial charge in [-0.05, 0) is 33.6 Å². The van der Waals surface area contributed by atoms with Crippen LogP contribution in [0.3, 0.4) is 0 Å². The third-order valence-electron chi connectivity index (χ3n) is 2.90. The van der Waals surface area contributed by atoms with E-state index in [1.54, 1.807) is 4.57 Å². The second kappa shape index (κ2) is 5.17. The molecule has 0 spiro atoms. The SMILES string of the molecule is CCC(CC)c1nnc(S(=O)(=O)Cl)n1C(C)(C)C. The highest BCUT2D eigenvalue weighted by molar-refractivity contribution is 8.13. The minimum atomic E-state index is -3.88. The molecule has 1 heterocycles. The van der Waals surface area contributed by atoms with Gasteiger partial charge in [-0.15, -0.1) is 10.2 Å². The third-order valence-corrected chi connectivity index (χ3v) is 4.01. The van der Waals surface area contributed by atoms with Gasteiger partial charge < -0.3 is 0 Å². The van der Waals surface area contributed by atoms with Crippen LogP contribution in [0.15, 0.2) is 5.16 Å². The van der Waals surface area contributed by atoms with Gasteiger partial charge in [-0.1, -0.05) is 13.8 Å². The highest BCUT2D eigenvalue weighted by atomic mass is 35.7. The van der Waals surface area contributed by atoms with Gasteiger partial charge >= 0.3 is 0 Å². The predicted molar refractivity (Wildman–Crippen MR) is 71.4 cm³/mol. The minimum absolute atomic E-state index is 0.168. The van der Waals surface area contributed by atoms with Crippen LogP contribution in [0.2, 0.25) is 0 Å². The fraction of sp³-hybridized carbons (Fsp3) is 0.818. The number of rotatable bonds is 4. The Kier molecular flexibility index (Phi) is 4.43. The van der Waals surface area contributed by atoms with Gasteiger partial charge in [0.05, 0.1) is 0 Å². The van der Waals surface area contributed by atoms with E-state index in [0.29, 0.717) is 5.82 Å². The van der Waals surface area contributed by atoms with E-state index in [4.69, 9.17) is 10.7 Å². The average Bonchev–Trinajstić information content (AvgIpc) is 2.63. The first kappa shape index (κ1) is 15.4. The number of aromatic nitrogens is 3. The summed E-state index contributed by atoms with van der Waals surface area (Å²) in [4.78, 5) is 0. The molecule has 0 amide bonds. The van der Waals surface area contributed by atoms with Crippen LogP contribution >= 0.6 is 10.7 Å². The molecule has 0 aliphatic carbocycles. The van der Waals surface area contributed by atoms with Crippen LogP contribution in [0, 0.1) is 0 Å². The summed E-state index contributed by atoms with van der Waals surface area (Å²) in [5.41, 5.74) is -0.432. The normalized spacial score (nSPS) is 13.3. The van der Waals surface area contributed by atoms with Crippen molar-refractivity contribution in [2.24, 2.45) is 0 Å². The maximum Gasteiger partial charge on any atom is 0.296 e. The summed E-state index contributed by atoms with van der Waals surface area (Å²) in [5, 5.41) is 7.64. The first-order chi connectivity index (χ1) is 8.12. The maximum absolute atomic E-state index is 11.6. The molecule has 0 aliphatic rings. The van der Waals surface area contributed by atoms with Crippen LogP contribution in [-0.4, -0.2) is 23.2 Å². The van der Waals surface area contributed by atoms with Crippen molar-refractivity contribution in [2.45, 2.75) is 64.1 Å². The molecule has 0 saturated carbocycles. The van der Waals surface area contributed by atoms with E-state index < -0.39 is 14.6 Å². The number of nitrogens with zero attached hydrogens (tertiary/aromatic N) is 3. The van der Waals surface area contributed by atoms with Crippen molar-refractivity contribution in [3.05, 3.63) is 5.82 Å². The maximum atomic E-state index is 11.6. The Bertz CT molecular complexity index is 513. The Hall–Kier alpha value is -0.620. The average molecular weight is 294 g/mol. The van der Waals surface area contributed by atoms with Gasteiger partial charge in [-0.2, -0.15) is 0 Å². The number of hydrogen-bond donors (Lipinski definition) is 0. The minimum Gasteiger partial charge on any atom is -0.295 e. The van der Waals surface area contributed by atoms with Crippen LogP contribution in [0.5, 0.6) is 0 Å². The van der Waals surface area contributed by atoms with Gasteiger partial charge in [0.1, 0.15) is 5.82 Å².